The fourth-order valence-corrected chi connectivity index (χ4v) is 2.36. The predicted octanol–water partition coefficient (Wildman–Crippen LogP) is 1.77. The van der Waals surface area contributed by atoms with Crippen LogP contribution < -0.4 is 5.32 Å². The Bertz CT molecular complexity index is 205. The lowest BCUT2D eigenvalue weighted by atomic mass is 9.84. The minimum atomic E-state index is -0.636. The van der Waals surface area contributed by atoms with Crippen LogP contribution in [0, 0.1) is 5.92 Å². The Morgan fingerprint density at radius 1 is 1.07 bits per heavy atom. The molecule has 2 saturated carbocycles. The molecular formula is C11H19NO2. The second kappa shape index (κ2) is 4.30. The van der Waals surface area contributed by atoms with E-state index in [1.165, 1.54) is 25.7 Å². The Morgan fingerprint density at radius 3 is 2.00 bits per heavy atom. The summed E-state index contributed by atoms with van der Waals surface area (Å²) in [5.41, 5.74) is 0. The lowest BCUT2D eigenvalue weighted by Crippen LogP contribution is -2.34. The maximum atomic E-state index is 10.5. The maximum Gasteiger partial charge on any atom is 0.303 e. The van der Waals surface area contributed by atoms with Crippen molar-refractivity contribution in [2.75, 3.05) is 0 Å². The van der Waals surface area contributed by atoms with E-state index in [0.29, 0.717) is 18.4 Å². The lowest BCUT2D eigenvalue weighted by molar-refractivity contribution is -0.138. The molecule has 2 fully saturated rings. The van der Waals surface area contributed by atoms with E-state index in [1.807, 2.05) is 0 Å². The molecule has 0 bridgehead atoms. The molecule has 3 heteroatoms. The van der Waals surface area contributed by atoms with Gasteiger partial charge in [-0.25, -0.2) is 0 Å². The van der Waals surface area contributed by atoms with Gasteiger partial charge in [-0.3, -0.25) is 4.79 Å². The summed E-state index contributed by atoms with van der Waals surface area (Å²) in [6.07, 6.45) is 7.59. The predicted molar refractivity (Wildman–Crippen MR) is 54.2 cm³/mol. The van der Waals surface area contributed by atoms with Crippen LogP contribution in [0.4, 0.5) is 0 Å². The molecule has 0 aliphatic heterocycles. The molecule has 2 rings (SSSR count). The summed E-state index contributed by atoms with van der Waals surface area (Å²) >= 11 is 0. The average Bonchev–Trinajstić information content (AvgIpc) is 2.91. The first-order chi connectivity index (χ1) is 6.74. The summed E-state index contributed by atoms with van der Waals surface area (Å²) in [7, 11) is 0. The van der Waals surface area contributed by atoms with Gasteiger partial charge in [-0.15, -0.1) is 0 Å². The minimum absolute atomic E-state index is 0.371. The highest BCUT2D eigenvalue weighted by atomic mass is 16.4. The van der Waals surface area contributed by atoms with Gasteiger partial charge in [0.05, 0.1) is 0 Å². The van der Waals surface area contributed by atoms with Gasteiger partial charge in [0.15, 0.2) is 0 Å². The molecule has 0 atom stereocenters. The molecule has 2 N–H and O–H groups in total. The summed E-state index contributed by atoms with van der Waals surface area (Å²) in [5, 5.41) is 12.3. The molecule has 0 heterocycles. The van der Waals surface area contributed by atoms with Crippen molar-refractivity contribution in [3.05, 3.63) is 0 Å². The highest BCUT2D eigenvalue weighted by molar-refractivity contribution is 5.67. The topological polar surface area (TPSA) is 49.3 Å². The minimum Gasteiger partial charge on any atom is -0.481 e. The summed E-state index contributed by atoms with van der Waals surface area (Å²) in [4.78, 5) is 10.5. The maximum absolute atomic E-state index is 10.5. The molecule has 2 aliphatic rings. The van der Waals surface area contributed by atoms with Gasteiger partial charge in [0, 0.05) is 18.5 Å². The Hall–Kier alpha value is -0.570. The summed E-state index contributed by atoms with van der Waals surface area (Å²) in [5.74, 6) is -0.201. The van der Waals surface area contributed by atoms with E-state index >= 15 is 0 Å². The smallest absolute Gasteiger partial charge is 0.303 e. The third kappa shape index (κ3) is 2.98. The molecule has 3 nitrogen and oxygen atoms in total. The van der Waals surface area contributed by atoms with Gasteiger partial charge in [-0.05, 0) is 44.4 Å². The Balaban J connectivity index is 1.66. The lowest BCUT2D eigenvalue weighted by Gasteiger charge is -2.28. The van der Waals surface area contributed by atoms with Crippen LogP contribution in [0.1, 0.15) is 44.9 Å². The first-order valence-corrected chi connectivity index (χ1v) is 5.72. The molecule has 14 heavy (non-hydrogen) atoms. The van der Waals surface area contributed by atoms with Crippen LogP contribution in [-0.2, 0) is 4.79 Å². The third-order valence-corrected chi connectivity index (χ3v) is 3.36. The van der Waals surface area contributed by atoms with E-state index in [-0.39, 0.29) is 0 Å². The zero-order chi connectivity index (χ0) is 9.97. The van der Waals surface area contributed by atoms with Crippen molar-refractivity contribution in [3.8, 4) is 0 Å². The fourth-order valence-electron chi connectivity index (χ4n) is 2.36. The van der Waals surface area contributed by atoms with Crippen LogP contribution in [-0.4, -0.2) is 23.2 Å². The monoisotopic (exact) mass is 197 g/mol. The molecule has 0 aromatic rings. The number of carboxylic acids is 1. The SMILES string of the molecule is O=C(O)CC1CCC(NC2CC2)CC1. The van der Waals surface area contributed by atoms with E-state index < -0.39 is 5.97 Å². The standard InChI is InChI=1S/C11H19NO2/c13-11(14)7-8-1-3-9(4-2-8)12-10-5-6-10/h8-10,12H,1-7H2,(H,13,14). The Labute approximate surface area is 84.9 Å². The van der Waals surface area contributed by atoms with E-state index in [1.54, 1.807) is 0 Å². The number of nitrogens with one attached hydrogen (secondary N) is 1. The van der Waals surface area contributed by atoms with Crippen LogP contribution in [0.15, 0.2) is 0 Å². The van der Waals surface area contributed by atoms with Crippen LogP contribution >= 0.6 is 0 Å². The fraction of sp³-hybridized carbons (Fsp3) is 0.909. The third-order valence-electron chi connectivity index (χ3n) is 3.36. The summed E-state index contributed by atoms with van der Waals surface area (Å²) in [6.45, 7) is 0. The van der Waals surface area contributed by atoms with Gasteiger partial charge >= 0.3 is 5.97 Å². The first-order valence-electron chi connectivity index (χ1n) is 5.72. The highest BCUT2D eigenvalue weighted by Crippen LogP contribution is 2.29. The zero-order valence-corrected chi connectivity index (χ0v) is 8.54. The van der Waals surface area contributed by atoms with Gasteiger partial charge < -0.3 is 10.4 Å². The zero-order valence-electron chi connectivity index (χ0n) is 8.54. The second-order valence-corrected chi connectivity index (χ2v) is 4.76. The van der Waals surface area contributed by atoms with Crippen LogP contribution in [0.5, 0.6) is 0 Å². The molecule has 0 unspecified atom stereocenters. The van der Waals surface area contributed by atoms with Crippen molar-refractivity contribution in [3.63, 3.8) is 0 Å². The number of rotatable bonds is 4. The molecule has 0 aromatic carbocycles. The highest BCUT2D eigenvalue weighted by Gasteiger charge is 2.28. The number of hydrogen-bond donors (Lipinski definition) is 2. The molecule has 0 amide bonds. The van der Waals surface area contributed by atoms with Gasteiger partial charge in [0.2, 0.25) is 0 Å². The number of carboxylic acid groups (broad SMARTS) is 1. The molecule has 0 radical (unpaired) electrons. The number of hydrogen-bond acceptors (Lipinski definition) is 2. The van der Waals surface area contributed by atoms with Crippen molar-refractivity contribution >= 4 is 5.97 Å². The van der Waals surface area contributed by atoms with Crippen molar-refractivity contribution in [1.82, 2.24) is 5.32 Å². The number of carbonyl (C=O) groups is 1. The van der Waals surface area contributed by atoms with Crippen molar-refractivity contribution < 1.29 is 9.90 Å². The van der Waals surface area contributed by atoms with Crippen molar-refractivity contribution in [1.29, 1.82) is 0 Å². The average molecular weight is 197 g/mol. The second-order valence-electron chi connectivity index (χ2n) is 4.76. The normalized spacial score (nSPS) is 32.9. The molecule has 2 aliphatic carbocycles. The van der Waals surface area contributed by atoms with E-state index in [4.69, 9.17) is 5.11 Å². The van der Waals surface area contributed by atoms with Gasteiger partial charge in [0.1, 0.15) is 0 Å². The molecule has 0 saturated heterocycles. The van der Waals surface area contributed by atoms with Crippen molar-refractivity contribution in [2.24, 2.45) is 5.92 Å². The van der Waals surface area contributed by atoms with Gasteiger partial charge in [-0.2, -0.15) is 0 Å². The van der Waals surface area contributed by atoms with E-state index in [2.05, 4.69) is 5.32 Å². The molecule has 0 spiro atoms. The quantitative estimate of drug-likeness (QED) is 0.722. The van der Waals surface area contributed by atoms with Crippen molar-refractivity contribution in [2.45, 2.75) is 57.0 Å². The van der Waals surface area contributed by atoms with Crippen LogP contribution in [0.3, 0.4) is 0 Å². The number of aliphatic carboxylic acids is 1. The van der Waals surface area contributed by atoms with E-state index in [0.717, 1.165) is 18.9 Å². The summed E-state index contributed by atoms with van der Waals surface area (Å²) in [6, 6.07) is 1.46. The van der Waals surface area contributed by atoms with Gasteiger partial charge in [-0.1, -0.05) is 0 Å². The molecule has 0 aromatic heterocycles. The molecular weight excluding hydrogens is 178 g/mol. The first kappa shape index (κ1) is 9.97. The van der Waals surface area contributed by atoms with Crippen LogP contribution in [0.25, 0.3) is 0 Å². The van der Waals surface area contributed by atoms with Crippen LogP contribution in [0.2, 0.25) is 0 Å². The van der Waals surface area contributed by atoms with E-state index in [9.17, 15) is 4.79 Å². The largest absolute Gasteiger partial charge is 0.481 e. The van der Waals surface area contributed by atoms with Gasteiger partial charge in [0.25, 0.3) is 0 Å². The Morgan fingerprint density at radius 2 is 1.57 bits per heavy atom. The molecule has 80 valence electrons. The summed E-state index contributed by atoms with van der Waals surface area (Å²) < 4.78 is 0. The Kier molecular flexibility index (Phi) is 3.06.